The molecule has 160 valence electrons. The molecule has 4 aliphatic rings. The predicted octanol–water partition coefficient (Wildman–Crippen LogP) is 8.33. The van der Waals surface area contributed by atoms with Crippen molar-refractivity contribution in [3.63, 3.8) is 0 Å². The van der Waals surface area contributed by atoms with E-state index in [0.717, 1.165) is 35.5 Å². The number of thiol groups is 1. The first kappa shape index (κ1) is 21.3. The Balaban J connectivity index is 1.43. The van der Waals surface area contributed by atoms with Gasteiger partial charge in [0.15, 0.2) is 0 Å². The van der Waals surface area contributed by atoms with Gasteiger partial charge in [-0.25, -0.2) is 0 Å². The van der Waals surface area contributed by atoms with E-state index in [1.807, 2.05) is 0 Å². The molecular formula is C27H46S. The van der Waals surface area contributed by atoms with Crippen molar-refractivity contribution in [2.45, 2.75) is 110 Å². The van der Waals surface area contributed by atoms with Gasteiger partial charge in [0.25, 0.3) is 0 Å². The van der Waals surface area contributed by atoms with Gasteiger partial charge in [-0.15, -0.1) is 0 Å². The number of allylic oxidation sites excluding steroid dienone is 2. The molecule has 0 aromatic carbocycles. The van der Waals surface area contributed by atoms with Crippen molar-refractivity contribution in [2.24, 2.45) is 46.3 Å². The smallest absolute Gasteiger partial charge is 0.00625 e. The normalized spacial score (nSPS) is 46.1. The maximum absolute atomic E-state index is 4.90. The van der Waals surface area contributed by atoms with Crippen molar-refractivity contribution in [3.8, 4) is 0 Å². The molecule has 0 aliphatic heterocycles. The minimum absolute atomic E-state index is 0.486. The van der Waals surface area contributed by atoms with E-state index in [1.165, 1.54) is 70.6 Å². The Morgan fingerprint density at radius 1 is 1.14 bits per heavy atom. The molecule has 0 spiro atoms. The molecule has 8 atom stereocenters. The lowest BCUT2D eigenvalue weighted by atomic mass is 9.49. The summed E-state index contributed by atoms with van der Waals surface area (Å²) >= 11 is 4.90. The van der Waals surface area contributed by atoms with Crippen molar-refractivity contribution < 1.29 is 0 Å². The maximum atomic E-state index is 4.90. The second-order valence-corrected chi connectivity index (χ2v) is 12.7. The van der Waals surface area contributed by atoms with Crippen LogP contribution in [0.15, 0.2) is 11.6 Å². The summed E-state index contributed by atoms with van der Waals surface area (Å²) in [6.07, 6.45) is 18.5. The van der Waals surface area contributed by atoms with Crippen LogP contribution in [0.4, 0.5) is 0 Å². The van der Waals surface area contributed by atoms with Crippen LogP contribution in [0.25, 0.3) is 0 Å². The summed E-state index contributed by atoms with van der Waals surface area (Å²) in [6.45, 7) is 12.6. The molecule has 0 nitrogen and oxygen atoms in total. The van der Waals surface area contributed by atoms with Gasteiger partial charge in [-0.3, -0.25) is 0 Å². The highest BCUT2D eigenvalue weighted by atomic mass is 32.1. The van der Waals surface area contributed by atoms with Crippen LogP contribution in [0, 0.1) is 46.3 Å². The molecule has 4 aliphatic carbocycles. The van der Waals surface area contributed by atoms with Crippen LogP contribution in [0.2, 0.25) is 0 Å². The fourth-order valence-corrected chi connectivity index (χ4v) is 9.37. The van der Waals surface area contributed by atoms with Gasteiger partial charge in [0.1, 0.15) is 0 Å². The molecule has 4 rings (SSSR count). The number of rotatable bonds is 6. The third kappa shape index (κ3) is 3.44. The first-order chi connectivity index (χ1) is 13.3. The molecule has 1 heteroatoms. The van der Waals surface area contributed by atoms with Crippen LogP contribution in [0.1, 0.15) is 105 Å². The fraction of sp³-hybridized carbons (Fsp3) is 0.926. The SMILES string of the molecule is CCC(CCCC1CCC2C3CC=C4CC(S)CC4(C)C3CCC12C)C(C)C. The van der Waals surface area contributed by atoms with Crippen molar-refractivity contribution in [1.29, 1.82) is 0 Å². The van der Waals surface area contributed by atoms with Crippen LogP contribution in [-0.2, 0) is 0 Å². The minimum Gasteiger partial charge on any atom is -0.176 e. The van der Waals surface area contributed by atoms with E-state index in [0.29, 0.717) is 16.1 Å². The Hall–Kier alpha value is 0.0900. The Bertz CT molecular complexity index is 591. The number of hydrogen-bond donors (Lipinski definition) is 1. The van der Waals surface area contributed by atoms with Gasteiger partial charge in [-0.1, -0.05) is 65.5 Å². The molecule has 0 saturated heterocycles. The zero-order valence-electron chi connectivity index (χ0n) is 19.3. The zero-order valence-corrected chi connectivity index (χ0v) is 20.2. The van der Waals surface area contributed by atoms with Crippen LogP contribution >= 0.6 is 12.6 Å². The molecule has 0 aromatic rings. The maximum Gasteiger partial charge on any atom is 0.00625 e. The summed E-state index contributed by atoms with van der Waals surface area (Å²) < 4.78 is 0. The average molecular weight is 403 g/mol. The summed E-state index contributed by atoms with van der Waals surface area (Å²) in [7, 11) is 0. The molecule has 0 N–H and O–H groups in total. The summed E-state index contributed by atoms with van der Waals surface area (Å²) in [5, 5.41) is 0.618. The van der Waals surface area contributed by atoms with Gasteiger partial charge in [-0.05, 0) is 97.7 Å². The lowest BCUT2D eigenvalue weighted by molar-refractivity contribution is -0.0332. The van der Waals surface area contributed by atoms with E-state index in [9.17, 15) is 0 Å². The quantitative estimate of drug-likeness (QED) is 0.335. The second kappa shape index (κ2) is 7.97. The van der Waals surface area contributed by atoms with Gasteiger partial charge in [-0.2, -0.15) is 12.6 Å². The van der Waals surface area contributed by atoms with Gasteiger partial charge >= 0.3 is 0 Å². The molecule has 0 radical (unpaired) electrons. The van der Waals surface area contributed by atoms with E-state index in [1.54, 1.807) is 5.57 Å². The predicted molar refractivity (Wildman–Crippen MR) is 126 cm³/mol. The molecule has 0 amide bonds. The van der Waals surface area contributed by atoms with Gasteiger partial charge < -0.3 is 0 Å². The van der Waals surface area contributed by atoms with Crippen LogP contribution in [0.5, 0.6) is 0 Å². The Morgan fingerprint density at radius 3 is 2.64 bits per heavy atom. The van der Waals surface area contributed by atoms with Crippen LogP contribution < -0.4 is 0 Å². The van der Waals surface area contributed by atoms with Gasteiger partial charge in [0.05, 0.1) is 0 Å². The van der Waals surface area contributed by atoms with Gasteiger partial charge in [0.2, 0.25) is 0 Å². The summed E-state index contributed by atoms with van der Waals surface area (Å²) in [5.41, 5.74) is 2.91. The van der Waals surface area contributed by atoms with E-state index in [-0.39, 0.29) is 0 Å². The standard InChI is InChI=1S/C27H46S/c1-6-19(18(2)3)8-7-9-20-11-13-24-23-12-10-21-16-22(28)17-27(21,5)25(23)14-15-26(20,24)4/h10,18-20,22-25,28H,6-9,11-17H2,1-5H3. The Kier molecular flexibility index (Phi) is 6.07. The Labute approximate surface area is 181 Å². The molecule has 3 fully saturated rings. The highest BCUT2D eigenvalue weighted by Gasteiger charge is 2.58. The van der Waals surface area contributed by atoms with Crippen molar-refractivity contribution in [3.05, 3.63) is 11.6 Å². The monoisotopic (exact) mass is 402 g/mol. The second-order valence-electron chi connectivity index (χ2n) is 12.0. The largest absolute Gasteiger partial charge is 0.176 e. The molecule has 8 unspecified atom stereocenters. The van der Waals surface area contributed by atoms with Crippen molar-refractivity contribution in [2.75, 3.05) is 0 Å². The van der Waals surface area contributed by atoms with E-state index in [4.69, 9.17) is 12.6 Å². The topological polar surface area (TPSA) is 0 Å². The molecule has 3 saturated carbocycles. The summed E-state index contributed by atoms with van der Waals surface area (Å²) in [5.74, 6) is 5.72. The van der Waals surface area contributed by atoms with Crippen LogP contribution in [-0.4, -0.2) is 5.25 Å². The third-order valence-corrected chi connectivity index (χ3v) is 10.9. The number of hydrogen-bond acceptors (Lipinski definition) is 1. The average Bonchev–Trinajstić information content (AvgIpc) is 3.13. The first-order valence-electron chi connectivity index (χ1n) is 12.7. The highest BCUT2D eigenvalue weighted by molar-refractivity contribution is 7.81. The highest BCUT2D eigenvalue weighted by Crippen LogP contribution is 2.67. The van der Waals surface area contributed by atoms with Crippen molar-refractivity contribution >= 4 is 12.6 Å². The van der Waals surface area contributed by atoms with E-state index in [2.05, 4.69) is 40.7 Å². The summed E-state index contributed by atoms with van der Waals surface area (Å²) in [6, 6.07) is 0. The molecule has 0 bridgehead atoms. The van der Waals surface area contributed by atoms with Gasteiger partial charge in [0, 0.05) is 5.25 Å². The van der Waals surface area contributed by atoms with Crippen molar-refractivity contribution in [1.82, 2.24) is 0 Å². The van der Waals surface area contributed by atoms with Crippen LogP contribution in [0.3, 0.4) is 0 Å². The molecular weight excluding hydrogens is 356 g/mol. The Morgan fingerprint density at radius 2 is 1.93 bits per heavy atom. The molecule has 28 heavy (non-hydrogen) atoms. The lowest BCUT2D eigenvalue weighted by Gasteiger charge is -2.55. The third-order valence-electron chi connectivity index (χ3n) is 10.5. The van der Waals surface area contributed by atoms with E-state index >= 15 is 0 Å². The molecule has 0 aromatic heterocycles. The minimum atomic E-state index is 0.486. The number of fused-ring (bicyclic) bond motifs is 5. The lowest BCUT2D eigenvalue weighted by Crippen LogP contribution is -2.47. The fourth-order valence-electron chi connectivity index (χ4n) is 8.79. The first-order valence-corrected chi connectivity index (χ1v) is 13.2. The molecule has 0 heterocycles. The zero-order chi connectivity index (χ0) is 20.1. The van der Waals surface area contributed by atoms with E-state index < -0.39 is 0 Å². The summed E-state index contributed by atoms with van der Waals surface area (Å²) in [4.78, 5) is 0.